The summed E-state index contributed by atoms with van der Waals surface area (Å²) >= 11 is 3.65. The van der Waals surface area contributed by atoms with E-state index in [0.717, 1.165) is 35.7 Å². The van der Waals surface area contributed by atoms with Crippen LogP contribution in [0.2, 0.25) is 0 Å². The number of aromatic nitrogens is 2. The molecule has 0 saturated carbocycles. The minimum absolute atomic E-state index is 0.00948. The number of aryl methyl sites for hydroxylation is 1. The van der Waals surface area contributed by atoms with E-state index in [1.165, 1.54) is 11.1 Å². The topological polar surface area (TPSA) is 38.1 Å². The van der Waals surface area contributed by atoms with Gasteiger partial charge < -0.3 is 4.90 Å². The summed E-state index contributed by atoms with van der Waals surface area (Å²) in [4.78, 5) is 20.2. The Morgan fingerprint density at radius 3 is 2.64 bits per heavy atom. The molecule has 0 amide bonds. The fourth-order valence-corrected chi connectivity index (χ4v) is 3.80. The second-order valence-corrected chi connectivity index (χ2v) is 8.18. The van der Waals surface area contributed by atoms with Gasteiger partial charge in [-0.15, -0.1) is 0 Å². The van der Waals surface area contributed by atoms with Crippen LogP contribution in [-0.2, 0) is 7.05 Å². The molecule has 1 aliphatic rings. The highest BCUT2D eigenvalue weighted by molar-refractivity contribution is 9.09. The molecule has 0 saturated heterocycles. The standard InChI is InChI=1S/C20H24BrN3O/c1-6-7-15-11-24(10-13(15)3)20-22-18-16(14(4)21)8-12(2)9-17(18)19(25)23(20)5/h6-9,14H,10-11H2,1-5H3/b7-6-. The first-order valence-corrected chi connectivity index (χ1v) is 9.46. The number of rotatable bonds is 3. The summed E-state index contributed by atoms with van der Waals surface area (Å²) < 4.78 is 1.68. The van der Waals surface area contributed by atoms with Gasteiger partial charge in [-0.3, -0.25) is 9.36 Å². The Morgan fingerprint density at radius 2 is 2.00 bits per heavy atom. The van der Waals surface area contributed by atoms with E-state index in [2.05, 4.69) is 52.9 Å². The highest BCUT2D eigenvalue weighted by Crippen LogP contribution is 2.30. The van der Waals surface area contributed by atoms with E-state index >= 15 is 0 Å². The molecule has 0 aliphatic carbocycles. The van der Waals surface area contributed by atoms with Crippen LogP contribution < -0.4 is 10.5 Å². The van der Waals surface area contributed by atoms with Gasteiger partial charge in [-0.2, -0.15) is 0 Å². The summed E-state index contributed by atoms with van der Waals surface area (Å²) in [7, 11) is 1.81. The zero-order chi connectivity index (χ0) is 18.3. The van der Waals surface area contributed by atoms with Crippen molar-refractivity contribution in [1.29, 1.82) is 0 Å². The molecule has 2 aromatic rings. The average molecular weight is 402 g/mol. The molecule has 0 radical (unpaired) electrons. The van der Waals surface area contributed by atoms with E-state index in [4.69, 9.17) is 4.98 Å². The van der Waals surface area contributed by atoms with Crippen molar-refractivity contribution in [3.8, 4) is 0 Å². The summed E-state index contributed by atoms with van der Waals surface area (Å²) in [6, 6.07) is 4.04. The summed E-state index contributed by atoms with van der Waals surface area (Å²) in [5, 5.41) is 0.685. The van der Waals surface area contributed by atoms with Crippen molar-refractivity contribution >= 4 is 32.8 Å². The van der Waals surface area contributed by atoms with Crippen molar-refractivity contribution in [2.24, 2.45) is 7.05 Å². The molecule has 1 aromatic carbocycles. The third-order valence-electron chi connectivity index (χ3n) is 4.75. The summed E-state index contributed by atoms with van der Waals surface area (Å²) in [5.74, 6) is 0.731. The van der Waals surface area contributed by atoms with Gasteiger partial charge in [0.15, 0.2) is 0 Å². The summed E-state index contributed by atoms with van der Waals surface area (Å²) in [6.45, 7) is 9.84. The lowest BCUT2D eigenvalue weighted by molar-refractivity contribution is 0.781. The quantitative estimate of drug-likeness (QED) is 0.714. The number of allylic oxidation sites excluding steroid dienone is 1. The highest BCUT2D eigenvalue weighted by atomic mass is 79.9. The minimum Gasteiger partial charge on any atom is -0.334 e. The van der Waals surface area contributed by atoms with E-state index in [-0.39, 0.29) is 10.4 Å². The predicted molar refractivity (Wildman–Crippen MR) is 109 cm³/mol. The molecule has 0 fully saturated rings. The maximum atomic E-state index is 13.0. The predicted octanol–water partition coefficient (Wildman–Crippen LogP) is 4.41. The Kier molecular flexibility index (Phi) is 4.87. The van der Waals surface area contributed by atoms with Gasteiger partial charge in [0, 0.05) is 25.0 Å². The van der Waals surface area contributed by atoms with E-state index < -0.39 is 0 Å². The van der Waals surface area contributed by atoms with E-state index in [1.54, 1.807) is 4.57 Å². The van der Waals surface area contributed by atoms with Crippen molar-refractivity contribution in [3.63, 3.8) is 0 Å². The zero-order valence-electron chi connectivity index (χ0n) is 15.4. The van der Waals surface area contributed by atoms with E-state index in [0.29, 0.717) is 5.39 Å². The van der Waals surface area contributed by atoms with Gasteiger partial charge in [0.2, 0.25) is 5.95 Å². The molecule has 1 aliphatic heterocycles. The van der Waals surface area contributed by atoms with Crippen LogP contribution in [0.4, 0.5) is 5.95 Å². The lowest BCUT2D eigenvalue weighted by Gasteiger charge is -2.22. The Labute approximate surface area is 157 Å². The monoisotopic (exact) mass is 401 g/mol. The first-order valence-electron chi connectivity index (χ1n) is 8.55. The van der Waals surface area contributed by atoms with Gasteiger partial charge in [-0.1, -0.05) is 34.1 Å². The molecule has 25 heavy (non-hydrogen) atoms. The van der Waals surface area contributed by atoms with Gasteiger partial charge >= 0.3 is 0 Å². The number of anilines is 1. The van der Waals surface area contributed by atoms with Crippen LogP contribution in [0.1, 0.15) is 36.7 Å². The van der Waals surface area contributed by atoms with Crippen molar-refractivity contribution < 1.29 is 0 Å². The van der Waals surface area contributed by atoms with Crippen LogP contribution >= 0.6 is 15.9 Å². The number of fused-ring (bicyclic) bond motifs is 1. The smallest absolute Gasteiger partial charge is 0.262 e. The second kappa shape index (κ2) is 6.79. The Morgan fingerprint density at radius 1 is 1.28 bits per heavy atom. The maximum absolute atomic E-state index is 13.0. The largest absolute Gasteiger partial charge is 0.334 e. The van der Waals surface area contributed by atoms with Gasteiger partial charge in [0.05, 0.1) is 10.9 Å². The van der Waals surface area contributed by atoms with Gasteiger partial charge in [0.1, 0.15) is 0 Å². The Bertz CT molecular complexity index is 954. The number of hydrogen-bond donors (Lipinski definition) is 0. The van der Waals surface area contributed by atoms with Crippen molar-refractivity contribution in [3.05, 3.63) is 56.9 Å². The normalized spacial score (nSPS) is 16.5. The first-order chi connectivity index (χ1) is 11.8. The SMILES string of the molecule is C/C=C\C1=C(C)CN(c2nc3c(C(C)Br)cc(C)cc3c(=O)n2C)C1. The number of alkyl halides is 1. The zero-order valence-corrected chi connectivity index (χ0v) is 17.0. The Hall–Kier alpha value is -1.88. The number of halogens is 1. The van der Waals surface area contributed by atoms with Gasteiger partial charge in [-0.05, 0) is 56.0 Å². The molecule has 1 atom stereocenters. The van der Waals surface area contributed by atoms with Crippen LogP contribution in [-0.4, -0.2) is 22.6 Å². The van der Waals surface area contributed by atoms with Crippen LogP contribution in [0.5, 0.6) is 0 Å². The van der Waals surface area contributed by atoms with Crippen LogP contribution in [0.15, 0.2) is 40.2 Å². The lowest BCUT2D eigenvalue weighted by atomic mass is 10.0. The van der Waals surface area contributed by atoms with Gasteiger partial charge in [-0.25, -0.2) is 4.98 Å². The average Bonchev–Trinajstić information content (AvgIpc) is 2.91. The number of benzene rings is 1. The lowest BCUT2D eigenvalue weighted by Crippen LogP contribution is -2.31. The maximum Gasteiger partial charge on any atom is 0.262 e. The van der Waals surface area contributed by atoms with Crippen molar-refractivity contribution in [2.75, 3.05) is 18.0 Å². The van der Waals surface area contributed by atoms with Gasteiger partial charge in [0.25, 0.3) is 5.56 Å². The second-order valence-electron chi connectivity index (χ2n) is 6.80. The molecule has 0 bridgehead atoms. The van der Waals surface area contributed by atoms with Crippen LogP contribution in [0.3, 0.4) is 0 Å². The third kappa shape index (κ3) is 3.17. The summed E-state index contributed by atoms with van der Waals surface area (Å²) in [6.07, 6.45) is 4.20. The van der Waals surface area contributed by atoms with Crippen LogP contribution in [0.25, 0.3) is 10.9 Å². The molecule has 3 rings (SSSR count). The fraction of sp³-hybridized carbons (Fsp3) is 0.400. The number of nitrogens with zero attached hydrogens (tertiary/aromatic N) is 3. The molecule has 132 valence electrons. The molecule has 0 N–H and O–H groups in total. The molecule has 1 aromatic heterocycles. The molecule has 1 unspecified atom stereocenters. The molecule has 5 heteroatoms. The van der Waals surface area contributed by atoms with E-state index in [9.17, 15) is 4.79 Å². The fourth-order valence-electron chi connectivity index (χ4n) is 3.45. The Balaban J connectivity index is 2.18. The highest BCUT2D eigenvalue weighted by Gasteiger charge is 2.23. The molecular weight excluding hydrogens is 378 g/mol. The molecular formula is C20H24BrN3O. The first kappa shape index (κ1) is 17.9. The molecule has 4 nitrogen and oxygen atoms in total. The minimum atomic E-state index is 0.00948. The van der Waals surface area contributed by atoms with Crippen molar-refractivity contribution in [2.45, 2.75) is 32.5 Å². The third-order valence-corrected chi connectivity index (χ3v) is 5.24. The summed E-state index contributed by atoms with van der Waals surface area (Å²) in [5.41, 5.74) is 5.57. The molecule has 2 heterocycles. The van der Waals surface area contributed by atoms with E-state index in [1.807, 2.05) is 27.0 Å². The number of hydrogen-bond acceptors (Lipinski definition) is 3. The van der Waals surface area contributed by atoms with Crippen molar-refractivity contribution in [1.82, 2.24) is 9.55 Å². The molecule has 0 spiro atoms. The van der Waals surface area contributed by atoms with Crippen LogP contribution in [0, 0.1) is 6.92 Å².